The van der Waals surface area contributed by atoms with E-state index in [1.165, 1.54) is 0 Å². The molecule has 19 heavy (non-hydrogen) atoms. The fraction of sp³-hybridized carbons (Fsp3) is 0.800. The molecule has 1 heterocycles. The van der Waals surface area contributed by atoms with Gasteiger partial charge in [-0.1, -0.05) is 13.0 Å². The molecule has 0 aliphatic carbocycles. The quantitative estimate of drug-likeness (QED) is 0.736. The maximum absolute atomic E-state index is 12.2. The van der Waals surface area contributed by atoms with E-state index >= 15 is 0 Å². The van der Waals surface area contributed by atoms with Gasteiger partial charge < -0.3 is 14.4 Å². The highest BCUT2D eigenvalue weighted by Crippen LogP contribution is 2.28. The average molecular weight is 269 g/mol. The van der Waals surface area contributed by atoms with Gasteiger partial charge in [0.05, 0.1) is 12.1 Å². The summed E-state index contributed by atoms with van der Waals surface area (Å²) in [5.74, 6) is 0.207. The molecule has 4 nitrogen and oxygen atoms in total. The van der Waals surface area contributed by atoms with Crippen LogP contribution in [0.1, 0.15) is 40.5 Å². The molecule has 0 aromatic carbocycles. The molecule has 1 saturated heterocycles. The van der Waals surface area contributed by atoms with Gasteiger partial charge in [0.15, 0.2) is 0 Å². The van der Waals surface area contributed by atoms with Gasteiger partial charge in [0, 0.05) is 19.6 Å². The summed E-state index contributed by atoms with van der Waals surface area (Å²) < 4.78 is 11.0. The van der Waals surface area contributed by atoms with Gasteiger partial charge in [0.1, 0.15) is 5.60 Å². The molecule has 0 radical (unpaired) electrons. The van der Waals surface area contributed by atoms with E-state index in [0.29, 0.717) is 0 Å². The van der Waals surface area contributed by atoms with E-state index in [4.69, 9.17) is 9.47 Å². The summed E-state index contributed by atoms with van der Waals surface area (Å²) in [5.41, 5.74) is -0.461. The Balaban J connectivity index is 2.77. The Morgan fingerprint density at radius 2 is 2.11 bits per heavy atom. The zero-order valence-corrected chi connectivity index (χ0v) is 12.8. The fourth-order valence-electron chi connectivity index (χ4n) is 2.54. The number of likely N-dealkylation sites (tertiary alicyclic amines) is 1. The summed E-state index contributed by atoms with van der Waals surface area (Å²) in [5, 5.41) is 0. The number of hydrogen-bond acceptors (Lipinski definition) is 3. The van der Waals surface area contributed by atoms with E-state index in [9.17, 15) is 4.79 Å². The van der Waals surface area contributed by atoms with Crippen LogP contribution in [0, 0.1) is 5.92 Å². The van der Waals surface area contributed by atoms with Crippen molar-refractivity contribution in [3.63, 3.8) is 0 Å². The van der Waals surface area contributed by atoms with Gasteiger partial charge in [-0.15, -0.1) is 6.58 Å². The molecular formula is C15H27NO3. The molecule has 0 aromatic heterocycles. The SMILES string of the molecule is C=CC(C)C(OC)C1CCCN1C(=O)OC(C)(C)C. The van der Waals surface area contributed by atoms with Gasteiger partial charge in [0.25, 0.3) is 0 Å². The third-order valence-corrected chi connectivity index (χ3v) is 3.47. The van der Waals surface area contributed by atoms with Crippen LogP contribution in [0.2, 0.25) is 0 Å². The van der Waals surface area contributed by atoms with Crippen molar-refractivity contribution in [2.45, 2.75) is 58.3 Å². The van der Waals surface area contributed by atoms with Crippen molar-refractivity contribution in [2.75, 3.05) is 13.7 Å². The van der Waals surface area contributed by atoms with Crippen molar-refractivity contribution < 1.29 is 14.3 Å². The monoisotopic (exact) mass is 269 g/mol. The van der Waals surface area contributed by atoms with Crippen LogP contribution < -0.4 is 0 Å². The number of amides is 1. The average Bonchev–Trinajstić information content (AvgIpc) is 2.76. The van der Waals surface area contributed by atoms with Crippen molar-refractivity contribution in [2.24, 2.45) is 5.92 Å². The van der Waals surface area contributed by atoms with Gasteiger partial charge in [0.2, 0.25) is 0 Å². The molecule has 4 heteroatoms. The minimum atomic E-state index is -0.461. The van der Waals surface area contributed by atoms with Gasteiger partial charge >= 0.3 is 6.09 Å². The summed E-state index contributed by atoms with van der Waals surface area (Å²) in [7, 11) is 1.69. The van der Waals surface area contributed by atoms with Crippen LogP contribution in [0.4, 0.5) is 4.79 Å². The Morgan fingerprint density at radius 3 is 2.58 bits per heavy atom. The maximum atomic E-state index is 12.2. The summed E-state index contributed by atoms with van der Waals surface area (Å²) in [6, 6.07) is 0.0767. The first-order valence-electron chi connectivity index (χ1n) is 6.95. The second-order valence-corrected chi connectivity index (χ2v) is 6.18. The van der Waals surface area contributed by atoms with Crippen LogP contribution in [0.3, 0.4) is 0 Å². The number of methoxy groups -OCH3 is 1. The topological polar surface area (TPSA) is 38.8 Å². The second-order valence-electron chi connectivity index (χ2n) is 6.18. The van der Waals surface area contributed by atoms with Crippen LogP contribution in [0.5, 0.6) is 0 Å². The zero-order valence-electron chi connectivity index (χ0n) is 12.8. The lowest BCUT2D eigenvalue weighted by Crippen LogP contribution is -2.47. The molecule has 110 valence electrons. The Bertz CT molecular complexity index is 322. The number of nitrogens with zero attached hydrogens (tertiary/aromatic N) is 1. The molecule has 3 atom stereocenters. The van der Waals surface area contributed by atoms with Gasteiger partial charge in [-0.25, -0.2) is 4.79 Å². The predicted octanol–water partition coefficient (Wildman–Crippen LogP) is 3.22. The predicted molar refractivity (Wildman–Crippen MR) is 76.1 cm³/mol. The summed E-state index contributed by atoms with van der Waals surface area (Å²) >= 11 is 0. The third-order valence-electron chi connectivity index (χ3n) is 3.47. The largest absolute Gasteiger partial charge is 0.444 e. The van der Waals surface area contributed by atoms with E-state index < -0.39 is 5.60 Å². The fourth-order valence-corrected chi connectivity index (χ4v) is 2.54. The van der Waals surface area contributed by atoms with Crippen molar-refractivity contribution in [1.82, 2.24) is 4.90 Å². The molecule has 0 N–H and O–H groups in total. The highest BCUT2D eigenvalue weighted by atomic mass is 16.6. The van der Waals surface area contributed by atoms with Crippen LogP contribution >= 0.6 is 0 Å². The van der Waals surface area contributed by atoms with E-state index in [1.807, 2.05) is 26.8 Å². The van der Waals surface area contributed by atoms with Gasteiger partial charge in [-0.3, -0.25) is 0 Å². The molecule has 1 amide bonds. The molecule has 0 aromatic rings. The lowest BCUT2D eigenvalue weighted by molar-refractivity contribution is -0.0153. The molecule has 1 fully saturated rings. The summed E-state index contributed by atoms with van der Waals surface area (Å²) in [6.07, 6.45) is 3.56. The van der Waals surface area contributed by atoms with E-state index in [2.05, 4.69) is 13.5 Å². The van der Waals surface area contributed by atoms with Gasteiger partial charge in [-0.2, -0.15) is 0 Å². The molecule has 1 rings (SSSR count). The summed E-state index contributed by atoms with van der Waals surface area (Å²) in [6.45, 7) is 12.3. The normalized spacial score (nSPS) is 23.0. The number of hydrogen-bond donors (Lipinski definition) is 0. The Kier molecular flexibility index (Phi) is 5.41. The van der Waals surface area contributed by atoms with E-state index in [0.717, 1.165) is 19.4 Å². The smallest absolute Gasteiger partial charge is 0.410 e. The van der Waals surface area contributed by atoms with Crippen molar-refractivity contribution >= 4 is 6.09 Å². The first-order valence-corrected chi connectivity index (χ1v) is 6.95. The van der Waals surface area contributed by atoms with Crippen LogP contribution in [0.15, 0.2) is 12.7 Å². The van der Waals surface area contributed by atoms with Gasteiger partial charge in [-0.05, 0) is 33.6 Å². The number of carbonyl (C=O) groups is 1. The highest BCUT2D eigenvalue weighted by molar-refractivity contribution is 5.69. The minimum Gasteiger partial charge on any atom is -0.444 e. The Labute approximate surface area is 116 Å². The first kappa shape index (κ1) is 16.0. The molecular weight excluding hydrogens is 242 g/mol. The lowest BCUT2D eigenvalue weighted by Gasteiger charge is -2.34. The highest BCUT2D eigenvalue weighted by Gasteiger charge is 2.38. The van der Waals surface area contributed by atoms with Crippen molar-refractivity contribution in [1.29, 1.82) is 0 Å². The van der Waals surface area contributed by atoms with Crippen LogP contribution in [-0.4, -0.2) is 42.4 Å². The Morgan fingerprint density at radius 1 is 1.47 bits per heavy atom. The summed E-state index contributed by atoms with van der Waals surface area (Å²) in [4.78, 5) is 14.0. The van der Waals surface area contributed by atoms with Crippen molar-refractivity contribution in [3.8, 4) is 0 Å². The number of carbonyl (C=O) groups excluding carboxylic acids is 1. The number of ether oxygens (including phenoxy) is 2. The second kappa shape index (κ2) is 6.42. The van der Waals surface area contributed by atoms with Crippen LogP contribution in [-0.2, 0) is 9.47 Å². The maximum Gasteiger partial charge on any atom is 0.410 e. The minimum absolute atomic E-state index is 0.0208. The molecule has 3 unspecified atom stereocenters. The molecule has 1 aliphatic heterocycles. The van der Waals surface area contributed by atoms with E-state index in [1.54, 1.807) is 12.0 Å². The third kappa shape index (κ3) is 4.23. The molecule has 0 bridgehead atoms. The molecule has 1 aliphatic rings. The first-order chi connectivity index (χ1) is 8.80. The zero-order chi connectivity index (χ0) is 14.6. The Hall–Kier alpha value is -1.03. The lowest BCUT2D eigenvalue weighted by atomic mass is 9.96. The number of rotatable bonds is 4. The standard InChI is InChI=1S/C15H27NO3/c1-7-11(2)13(18-6)12-9-8-10-16(12)14(17)19-15(3,4)5/h7,11-13H,1,8-10H2,2-6H3. The molecule has 0 saturated carbocycles. The van der Waals surface area contributed by atoms with Crippen LogP contribution in [0.25, 0.3) is 0 Å². The molecule has 0 spiro atoms. The van der Waals surface area contributed by atoms with Crippen molar-refractivity contribution in [3.05, 3.63) is 12.7 Å². The van der Waals surface area contributed by atoms with E-state index in [-0.39, 0.29) is 24.2 Å².